The van der Waals surface area contributed by atoms with Crippen LogP contribution in [0.2, 0.25) is 0 Å². The highest BCUT2D eigenvalue weighted by Gasteiger charge is 2.29. The standard InChI is InChI=1S/C20H31N5O/c1-5-24(12-16-10-22-25(13-16)15(2)3)14-18-11-21-23-20(18)17-6-8-19(26-4)9-7-17/h6-10,13,15,18,20-21,23H,5,11-12,14H2,1-4H3. The van der Waals surface area contributed by atoms with Crippen molar-refractivity contribution in [2.45, 2.75) is 39.4 Å². The summed E-state index contributed by atoms with van der Waals surface area (Å²) in [4.78, 5) is 2.50. The van der Waals surface area contributed by atoms with Gasteiger partial charge in [-0.2, -0.15) is 5.10 Å². The van der Waals surface area contributed by atoms with Gasteiger partial charge in [0.25, 0.3) is 0 Å². The van der Waals surface area contributed by atoms with Gasteiger partial charge in [-0.1, -0.05) is 19.1 Å². The molecule has 0 spiro atoms. The maximum absolute atomic E-state index is 5.27. The molecule has 0 saturated carbocycles. The van der Waals surface area contributed by atoms with Crippen LogP contribution in [0.5, 0.6) is 5.75 Å². The Morgan fingerprint density at radius 1 is 1.31 bits per heavy atom. The largest absolute Gasteiger partial charge is 0.497 e. The summed E-state index contributed by atoms with van der Waals surface area (Å²) < 4.78 is 7.30. The third-order valence-corrected chi connectivity index (χ3v) is 5.10. The van der Waals surface area contributed by atoms with E-state index in [0.29, 0.717) is 18.0 Å². The summed E-state index contributed by atoms with van der Waals surface area (Å²) in [5, 5.41) is 4.47. The van der Waals surface area contributed by atoms with Crippen LogP contribution in [0.1, 0.15) is 44.0 Å². The van der Waals surface area contributed by atoms with Crippen molar-refractivity contribution in [1.29, 1.82) is 0 Å². The number of nitrogens with zero attached hydrogens (tertiary/aromatic N) is 3. The first-order chi connectivity index (χ1) is 12.6. The molecule has 2 unspecified atom stereocenters. The van der Waals surface area contributed by atoms with Gasteiger partial charge in [-0.3, -0.25) is 15.0 Å². The van der Waals surface area contributed by atoms with Gasteiger partial charge >= 0.3 is 0 Å². The third-order valence-electron chi connectivity index (χ3n) is 5.10. The number of hydrogen-bond acceptors (Lipinski definition) is 5. The normalized spacial score (nSPS) is 20.2. The molecular formula is C20H31N5O. The lowest BCUT2D eigenvalue weighted by molar-refractivity contribution is 0.228. The topological polar surface area (TPSA) is 54.4 Å². The van der Waals surface area contributed by atoms with Crippen LogP contribution in [0.15, 0.2) is 36.7 Å². The zero-order valence-corrected chi connectivity index (χ0v) is 16.3. The molecule has 3 rings (SSSR count). The van der Waals surface area contributed by atoms with E-state index >= 15 is 0 Å². The Hall–Kier alpha value is -1.89. The van der Waals surface area contributed by atoms with Crippen molar-refractivity contribution in [3.05, 3.63) is 47.8 Å². The van der Waals surface area contributed by atoms with Crippen LogP contribution in [-0.4, -0.2) is 41.4 Å². The van der Waals surface area contributed by atoms with Crippen molar-refractivity contribution in [3.63, 3.8) is 0 Å². The van der Waals surface area contributed by atoms with Gasteiger partial charge < -0.3 is 4.74 Å². The summed E-state index contributed by atoms with van der Waals surface area (Å²) in [7, 11) is 1.70. The average Bonchev–Trinajstić information content (AvgIpc) is 3.31. The highest BCUT2D eigenvalue weighted by molar-refractivity contribution is 5.30. The molecule has 2 N–H and O–H groups in total. The summed E-state index contributed by atoms with van der Waals surface area (Å²) in [6.07, 6.45) is 4.16. The number of methoxy groups -OCH3 is 1. The van der Waals surface area contributed by atoms with Crippen LogP contribution in [-0.2, 0) is 6.54 Å². The maximum Gasteiger partial charge on any atom is 0.118 e. The second-order valence-corrected chi connectivity index (χ2v) is 7.29. The molecule has 0 aliphatic carbocycles. The van der Waals surface area contributed by atoms with Crippen LogP contribution < -0.4 is 15.6 Å². The van der Waals surface area contributed by atoms with Crippen molar-refractivity contribution >= 4 is 0 Å². The van der Waals surface area contributed by atoms with E-state index in [2.05, 4.69) is 60.0 Å². The van der Waals surface area contributed by atoms with Gasteiger partial charge in [-0.05, 0) is 38.1 Å². The Bertz CT molecular complexity index is 682. The molecule has 1 aliphatic heterocycles. The molecule has 0 radical (unpaired) electrons. The van der Waals surface area contributed by atoms with E-state index in [1.165, 1.54) is 11.1 Å². The summed E-state index contributed by atoms with van der Waals surface area (Å²) in [6, 6.07) is 9.09. The minimum atomic E-state index is 0.313. The zero-order valence-electron chi connectivity index (χ0n) is 16.3. The lowest BCUT2D eigenvalue weighted by Gasteiger charge is -2.26. The number of hydrazine groups is 1. The SMILES string of the molecule is CCN(Cc1cnn(C(C)C)c1)CC1CNNC1c1ccc(OC)cc1. The molecule has 1 aromatic heterocycles. The van der Waals surface area contributed by atoms with E-state index in [4.69, 9.17) is 4.74 Å². The van der Waals surface area contributed by atoms with Crippen molar-refractivity contribution in [1.82, 2.24) is 25.5 Å². The van der Waals surface area contributed by atoms with Gasteiger partial charge in [0.2, 0.25) is 0 Å². The first-order valence-electron chi connectivity index (χ1n) is 9.48. The molecule has 1 aliphatic rings. The zero-order chi connectivity index (χ0) is 18.5. The van der Waals surface area contributed by atoms with Crippen LogP contribution in [0.3, 0.4) is 0 Å². The summed E-state index contributed by atoms with van der Waals surface area (Å²) in [5.41, 5.74) is 9.35. The Morgan fingerprint density at radius 3 is 2.69 bits per heavy atom. The van der Waals surface area contributed by atoms with E-state index in [1.54, 1.807) is 7.11 Å². The highest BCUT2D eigenvalue weighted by atomic mass is 16.5. The molecule has 2 atom stereocenters. The lowest BCUT2D eigenvalue weighted by Crippen LogP contribution is -2.32. The van der Waals surface area contributed by atoms with Crippen molar-refractivity contribution in [2.75, 3.05) is 26.7 Å². The molecule has 1 fully saturated rings. The van der Waals surface area contributed by atoms with Crippen molar-refractivity contribution in [2.24, 2.45) is 5.92 Å². The number of hydrogen-bond donors (Lipinski definition) is 2. The highest BCUT2D eigenvalue weighted by Crippen LogP contribution is 2.27. The molecule has 1 aromatic carbocycles. The number of ether oxygens (including phenoxy) is 1. The molecule has 0 amide bonds. The first-order valence-corrected chi connectivity index (χ1v) is 9.48. The van der Waals surface area contributed by atoms with Gasteiger partial charge in [-0.25, -0.2) is 5.43 Å². The number of nitrogens with one attached hydrogen (secondary N) is 2. The van der Waals surface area contributed by atoms with E-state index in [0.717, 1.165) is 31.9 Å². The summed E-state index contributed by atoms with van der Waals surface area (Å²) in [5.74, 6) is 1.41. The van der Waals surface area contributed by atoms with Gasteiger partial charge in [0.15, 0.2) is 0 Å². The predicted molar refractivity (Wildman–Crippen MR) is 104 cm³/mol. The van der Waals surface area contributed by atoms with E-state index in [9.17, 15) is 0 Å². The Balaban J connectivity index is 1.64. The number of aromatic nitrogens is 2. The monoisotopic (exact) mass is 357 g/mol. The van der Waals surface area contributed by atoms with E-state index in [1.807, 2.05) is 23.0 Å². The van der Waals surface area contributed by atoms with Crippen molar-refractivity contribution in [3.8, 4) is 5.75 Å². The second kappa shape index (κ2) is 8.66. The first kappa shape index (κ1) is 18.9. The summed E-state index contributed by atoms with van der Waals surface area (Å²) >= 11 is 0. The van der Waals surface area contributed by atoms with Crippen LogP contribution in [0.4, 0.5) is 0 Å². The van der Waals surface area contributed by atoms with Crippen LogP contribution in [0.25, 0.3) is 0 Å². The minimum Gasteiger partial charge on any atom is -0.497 e. The predicted octanol–water partition coefficient (Wildman–Crippen LogP) is 2.76. The number of benzene rings is 1. The lowest BCUT2D eigenvalue weighted by atomic mass is 9.94. The minimum absolute atomic E-state index is 0.313. The quantitative estimate of drug-likeness (QED) is 0.761. The fourth-order valence-electron chi connectivity index (χ4n) is 3.51. The van der Waals surface area contributed by atoms with E-state index < -0.39 is 0 Å². The number of rotatable bonds is 8. The Kier molecular flexibility index (Phi) is 6.29. The van der Waals surface area contributed by atoms with Gasteiger partial charge in [-0.15, -0.1) is 0 Å². The molecule has 2 heterocycles. The van der Waals surface area contributed by atoms with Crippen LogP contribution in [0, 0.1) is 5.92 Å². The fourth-order valence-corrected chi connectivity index (χ4v) is 3.51. The fraction of sp³-hybridized carbons (Fsp3) is 0.550. The van der Waals surface area contributed by atoms with E-state index in [-0.39, 0.29) is 0 Å². The maximum atomic E-state index is 5.27. The molecular weight excluding hydrogens is 326 g/mol. The Labute approximate surface area is 156 Å². The van der Waals surface area contributed by atoms with Crippen molar-refractivity contribution < 1.29 is 4.74 Å². The third kappa shape index (κ3) is 4.44. The second-order valence-electron chi connectivity index (χ2n) is 7.29. The summed E-state index contributed by atoms with van der Waals surface area (Å²) in [6.45, 7) is 10.5. The molecule has 1 saturated heterocycles. The van der Waals surface area contributed by atoms with Gasteiger partial charge in [0.05, 0.1) is 19.3 Å². The smallest absolute Gasteiger partial charge is 0.118 e. The molecule has 26 heavy (non-hydrogen) atoms. The van der Waals surface area contributed by atoms with Gasteiger partial charge in [0.1, 0.15) is 5.75 Å². The van der Waals surface area contributed by atoms with Gasteiger partial charge in [0, 0.05) is 43.4 Å². The Morgan fingerprint density at radius 2 is 2.08 bits per heavy atom. The molecule has 142 valence electrons. The average molecular weight is 358 g/mol. The van der Waals surface area contributed by atoms with Crippen LogP contribution >= 0.6 is 0 Å². The molecule has 0 bridgehead atoms. The molecule has 6 nitrogen and oxygen atoms in total. The molecule has 6 heteroatoms. The molecule has 2 aromatic rings.